The van der Waals surface area contributed by atoms with Crippen molar-refractivity contribution in [1.29, 1.82) is 0 Å². The number of carbonyl (C=O) groups excluding carboxylic acids is 3. The summed E-state index contributed by atoms with van der Waals surface area (Å²) in [5, 5.41) is 22.7. The lowest BCUT2D eigenvalue weighted by molar-refractivity contribution is -0.143. The maximum absolute atomic E-state index is 12.6. The lowest BCUT2D eigenvalue weighted by Crippen LogP contribution is -2.51. The topological polar surface area (TPSA) is 205 Å². The molecule has 0 saturated heterocycles. The summed E-state index contributed by atoms with van der Waals surface area (Å²) < 4.78 is 0. The Morgan fingerprint density at radius 1 is 0.833 bits per heavy atom. The van der Waals surface area contributed by atoms with Crippen LogP contribution in [0.25, 0.3) is 0 Å². The molecule has 172 valence electrons. The minimum atomic E-state index is -1.18. The van der Waals surface area contributed by atoms with Crippen molar-refractivity contribution in [3.8, 4) is 0 Å². The van der Waals surface area contributed by atoms with Crippen molar-refractivity contribution in [2.75, 3.05) is 26.7 Å². The van der Waals surface area contributed by atoms with Crippen LogP contribution in [-0.4, -0.2) is 83.5 Å². The first kappa shape index (κ1) is 27.3. The monoisotopic (exact) mass is 431 g/mol. The Balaban J connectivity index is 4.85. The Morgan fingerprint density at radius 3 is 1.93 bits per heavy atom. The Morgan fingerprint density at radius 2 is 1.40 bits per heavy atom. The summed E-state index contributed by atoms with van der Waals surface area (Å²) in [6.07, 6.45) is 1.37. The van der Waals surface area contributed by atoms with E-state index in [4.69, 9.17) is 16.6 Å². The first-order chi connectivity index (χ1) is 14.1. The van der Waals surface area contributed by atoms with E-state index < -0.39 is 48.3 Å². The molecule has 0 aromatic carbocycles. The van der Waals surface area contributed by atoms with Crippen LogP contribution in [0.3, 0.4) is 0 Å². The summed E-state index contributed by atoms with van der Waals surface area (Å²) in [6.45, 7) is 0.297. The molecular formula is C18H33N5O7. The van der Waals surface area contributed by atoms with Gasteiger partial charge in [-0.3, -0.25) is 19.2 Å². The van der Waals surface area contributed by atoms with E-state index in [2.05, 4.69) is 10.6 Å². The minimum Gasteiger partial charge on any atom is -0.481 e. The standard InChI is InChI=1S/C18H33N5O7/c1-23(11-15(25)22-13(18(29)30)5-2-3-9-19)17(28)12(6-4-10-20)21-14(24)7-8-16(26)27/h12-13H,2-11,19-20H2,1H3,(H,21,24)(H,22,25)(H,26,27)(H,29,30)/t12-,13-/m0/s1. The van der Waals surface area contributed by atoms with Gasteiger partial charge in [0.1, 0.15) is 12.1 Å². The minimum absolute atomic E-state index is 0.217. The average molecular weight is 431 g/mol. The number of amides is 3. The normalized spacial score (nSPS) is 12.5. The molecule has 0 spiro atoms. The molecule has 8 N–H and O–H groups in total. The largest absolute Gasteiger partial charge is 0.481 e. The van der Waals surface area contributed by atoms with Crippen molar-refractivity contribution in [3.63, 3.8) is 0 Å². The fourth-order valence-corrected chi connectivity index (χ4v) is 2.62. The van der Waals surface area contributed by atoms with Gasteiger partial charge in [0, 0.05) is 13.5 Å². The third kappa shape index (κ3) is 12.0. The van der Waals surface area contributed by atoms with Crippen LogP contribution in [0.1, 0.15) is 44.9 Å². The van der Waals surface area contributed by atoms with E-state index in [-0.39, 0.29) is 32.2 Å². The maximum atomic E-state index is 12.6. The molecule has 12 heteroatoms. The van der Waals surface area contributed by atoms with Crippen LogP contribution < -0.4 is 22.1 Å². The molecule has 0 saturated carbocycles. The fraction of sp³-hybridized carbons (Fsp3) is 0.722. The van der Waals surface area contributed by atoms with Gasteiger partial charge in [0.15, 0.2) is 0 Å². The van der Waals surface area contributed by atoms with Crippen LogP contribution >= 0.6 is 0 Å². The molecule has 0 unspecified atom stereocenters. The molecule has 3 amide bonds. The molecule has 2 atom stereocenters. The van der Waals surface area contributed by atoms with Crippen LogP contribution in [0.2, 0.25) is 0 Å². The number of hydrogen-bond acceptors (Lipinski definition) is 7. The molecule has 0 aliphatic heterocycles. The number of nitrogens with two attached hydrogens (primary N) is 2. The predicted molar refractivity (Wildman–Crippen MR) is 107 cm³/mol. The summed E-state index contributed by atoms with van der Waals surface area (Å²) >= 11 is 0. The van der Waals surface area contributed by atoms with Gasteiger partial charge in [0.2, 0.25) is 17.7 Å². The molecule has 30 heavy (non-hydrogen) atoms. The first-order valence-electron chi connectivity index (χ1n) is 9.80. The number of aliphatic carboxylic acids is 2. The van der Waals surface area contributed by atoms with E-state index in [0.717, 1.165) is 4.90 Å². The van der Waals surface area contributed by atoms with Crippen molar-refractivity contribution < 1.29 is 34.2 Å². The second kappa shape index (κ2) is 15.2. The van der Waals surface area contributed by atoms with Gasteiger partial charge in [0.05, 0.1) is 13.0 Å². The van der Waals surface area contributed by atoms with E-state index in [1.807, 2.05) is 0 Å². The number of carbonyl (C=O) groups is 5. The summed E-state index contributed by atoms with van der Waals surface area (Å²) in [5.41, 5.74) is 10.8. The van der Waals surface area contributed by atoms with Crippen LogP contribution in [-0.2, 0) is 24.0 Å². The van der Waals surface area contributed by atoms with Gasteiger partial charge in [-0.15, -0.1) is 0 Å². The number of rotatable bonds is 16. The number of likely N-dealkylation sites (N-methyl/N-ethyl adjacent to an activating group) is 1. The Kier molecular flexibility index (Phi) is 13.8. The highest BCUT2D eigenvalue weighted by Crippen LogP contribution is 2.04. The van der Waals surface area contributed by atoms with Crippen molar-refractivity contribution in [2.45, 2.75) is 57.0 Å². The third-order valence-electron chi connectivity index (χ3n) is 4.23. The highest BCUT2D eigenvalue weighted by Gasteiger charge is 2.26. The molecule has 0 aromatic rings. The van der Waals surface area contributed by atoms with Gasteiger partial charge in [-0.2, -0.15) is 0 Å². The van der Waals surface area contributed by atoms with E-state index in [9.17, 15) is 29.1 Å². The van der Waals surface area contributed by atoms with E-state index in [1.165, 1.54) is 7.05 Å². The maximum Gasteiger partial charge on any atom is 0.326 e. The zero-order valence-electron chi connectivity index (χ0n) is 17.3. The highest BCUT2D eigenvalue weighted by molar-refractivity contribution is 5.92. The molecule has 0 radical (unpaired) electrons. The van der Waals surface area contributed by atoms with E-state index in [1.54, 1.807) is 0 Å². The van der Waals surface area contributed by atoms with Gasteiger partial charge in [0.25, 0.3) is 0 Å². The molecule has 0 fully saturated rings. The summed E-state index contributed by atoms with van der Waals surface area (Å²) in [7, 11) is 1.35. The van der Waals surface area contributed by atoms with Crippen molar-refractivity contribution in [2.24, 2.45) is 11.5 Å². The zero-order valence-corrected chi connectivity index (χ0v) is 17.3. The lowest BCUT2D eigenvalue weighted by Gasteiger charge is -2.25. The van der Waals surface area contributed by atoms with Crippen molar-refractivity contribution in [1.82, 2.24) is 15.5 Å². The quantitative estimate of drug-likeness (QED) is 0.153. The van der Waals surface area contributed by atoms with Gasteiger partial charge >= 0.3 is 11.9 Å². The Hall–Kier alpha value is -2.73. The number of carboxylic acid groups (broad SMARTS) is 2. The number of carboxylic acids is 2. The molecule has 0 aliphatic carbocycles. The second-order valence-corrected chi connectivity index (χ2v) is 6.88. The zero-order chi connectivity index (χ0) is 23.1. The fourth-order valence-electron chi connectivity index (χ4n) is 2.62. The number of unbranched alkanes of at least 4 members (excludes halogenated alkanes) is 1. The number of nitrogens with zero attached hydrogens (tertiary/aromatic N) is 1. The van der Waals surface area contributed by atoms with Gasteiger partial charge in [-0.05, 0) is 45.2 Å². The molecule has 0 aliphatic rings. The number of hydrogen-bond donors (Lipinski definition) is 6. The van der Waals surface area contributed by atoms with E-state index in [0.29, 0.717) is 25.8 Å². The van der Waals surface area contributed by atoms with Crippen molar-refractivity contribution >= 4 is 29.7 Å². The molecule has 0 rings (SSSR count). The molecule has 0 aromatic heterocycles. The lowest BCUT2D eigenvalue weighted by atomic mass is 10.1. The second-order valence-electron chi connectivity index (χ2n) is 6.88. The van der Waals surface area contributed by atoms with E-state index >= 15 is 0 Å². The smallest absolute Gasteiger partial charge is 0.326 e. The number of nitrogens with one attached hydrogen (secondary N) is 2. The van der Waals surface area contributed by atoms with Crippen LogP contribution in [0, 0.1) is 0 Å². The SMILES string of the molecule is CN(CC(=O)N[C@@H](CCCCN)C(=O)O)C(=O)[C@H](CCCN)NC(=O)CCC(=O)O. The third-order valence-corrected chi connectivity index (χ3v) is 4.23. The Labute approximate surface area is 175 Å². The summed E-state index contributed by atoms with van der Waals surface area (Å²) in [5.74, 6) is -4.13. The highest BCUT2D eigenvalue weighted by atomic mass is 16.4. The first-order valence-corrected chi connectivity index (χ1v) is 9.80. The van der Waals surface area contributed by atoms with Crippen LogP contribution in [0.4, 0.5) is 0 Å². The van der Waals surface area contributed by atoms with Gasteiger partial charge in [-0.1, -0.05) is 0 Å². The van der Waals surface area contributed by atoms with Crippen LogP contribution in [0.15, 0.2) is 0 Å². The summed E-state index contributed by atoms with van der Waals surface area (Å²) in [4.78, 5) is 59.6. The van der Waals surface area contributed by atoms with Crippen LogP contribution in [0.5, 0.6) is 0 Å². The average Bonchev–Trinajstić information content (AvgIpc) is 2.68. The molecule has 0 bridgehead atoms. The molecule has 12 nitrogen and oxygen atoms in total. The van der Waals surface area contributed by atoms with Gasteiger partial charge < -0.3 is 37.2 Å². The van der Waals surface area contributed by atoms with Gasteiger partial charge in [-0.25, -0.2) is 4.79 Å². The molecular weight excluding hydrogens is 398 g/mol. The summed E-state index contributed by atoms with van der Waals surface area (Å²) in [6, 6.07) is -2.05. The Bertz CT molecular complexity index is 599. The predicted octanol–water partition coefficient (Wildman–Crippen LogP) is -1.77. The molecule has 0 heterocycles. The van der Waals surface area contributed by atoms with Crippen molar-refractivity contribution in [3.05, 3.63) is 0 Å².